The van der Waals surface area contributed by atoms with Crippen LogP contribution in [0.4, 0.5) is 5.82 Å². The molecule has 2 aromatic rings. The SMILES string of the molecule is C=CC=C(C)C(=O)Nc1cn2nc(Cl)ccc2n1. The molecule has 6 heteroatoms. The highest BCUT2D eigenvalue weighted by atomic mass is 35.5. The van der Waals surface area contributed by atoms with Gasteiger partial charge in [-0.2, -0.15) is 5.10 Å². The summed E-state index contributed by atoms with van der Waals surface area (Å²) >= 11 is 5.76. The molecule has 0 aliphatic rings. The lowest BCUT2D eigenvalue weighted by Crippen LogP contribution is -2.12. The zero-order chi connectivity index (χ0) is 13.1. The summed E-state index contributed by atoms with van der Waals surface area (Å²) in [5, 5.41) is 7.05. The van der Waals surface area contributed by atoms with Crippen molar-refractivity contribution in [2.45, 2.75) is 6.92 Å². The van der Waals surface area contributed by atoms with Crippen molar-refractivity contribution < 1.29 is 4.79 Å². The van der Waals surface area contributed by atoms with Crippen molar-refractivity contribution in [3.63, 3.8) is 0 Å². The van der Waals surface area contributed by atoms with Crippen LogP contribution in [0.2, 0.25) is 5.15 Å². The molecule has 0 aliphatic carbocycles. The summed E-state index contributed by atoms with van der Waals surface area (Å²) in [5.41, 5.74) is 1.16. The first-order valence-corrected chi connectivity index (χ1v) is 5.60. The van der Waals surface area contributed by atoms with Gasteiger partial charge in [-0.1, -0.05) is 30.3 Å². The van der Waals surface area contributed by atoms with Crippen LogP contribution >= 0.6 is 11.6 Å². The summed E-state index contributed by atoms with van der Waals surface area (Å²) in [6, 6.07) is 3.36. The van der Waals surface area contributed by atoms with E-state index in [-0.39, 0.29) is 5.91 Å². The Hall–Kier alpha value is -2.14. The molecule has 0 saturated carbocycles. The number of halogens is 1. The minimum atomic E-state index is -0.232. The minimum Gasteiger partial charge on any atom is -0.305 e. The fraction of sp³-hybridized carbons (Fsp3) is 0.0833. The van der Waals surface area contributed by atoms with Gasteiger partial charge >= 0.3 is 0 Å². The van der Waals surface area contributed by atoms with E-state index < -0.39 is 0 Å². The topological polar surface area (TPSA) is 59.3 Å². The third-order valence-electron chi connectivity index (χ3n) is 2.26. The van der Waals surface area contributed by atoms with E-state index >= 15 is 0 Å². The van der Waals surface area contributed by atoms with Gasteiger partial charge in [0.1, 0.15) is 5.15 Å². The monoisotopic (exact) mass is 262 g/mol. The highest BCUT2D eigenvalue weighted by Crippen LogP contribution is 2.12. The van der Waals surface area contributed by atoms with E-state index in [0.717, 1.165) is 0 Å². The maximum Gasteiger partial charge on any atom is 0.252 e. The molecule has 18 heavy (non-hydrogen) atoms. The van der Waals surface area contributed by atoms with Crippen molar-refractivity contribution in [2.75, 3.05) is 5.32 Å². The van der Waals surface area contributed by atoms with Crippen LogP contribution in [0.1, 0.15) is 6.92 Å². The summed E-state index contributed by atoms with van der Waals surface area (Å²) in [6.07, 6.45) is 4.78. The molecule has 2 rings (SSSR count). The lowest BCUT2D eigenvalue weighted by molar-refractivity contribution is -0.112. The molecule has 0 saturated heterocycles. The van der Waals surface area contributed by atoms with Crippen LogP contribution in [0.3, 0.4) is 0 Å². The van der Waals surface area contributed by atoms with Crippen LogP contribution in [0.5, 0.6) is 0 Å². The molecule has 2 aromatic heterocycles. The number of nitrogens with zero attached hydrogens (tertiary/aromatic N) is 3. The number of nitrogens with one attached hydrogen (secondary N) is 1. The van der Waals surface area contributed by atoms with Gasteiger partial charge in [0.25, 0.3) is 5.91 Å². The molecular weight excluding hydrogens is 252 g/mol. The zero-order valence-corrected chi connectivity index (χ0v) is 10.5. The highest BCUT2D eigenvalue weighted by molar-refractivity contribution is 6.29. The molecule has 0 unspecified atom stereocenters. The van der Waals surface area contributed by atoms with E-state index in [4.69, 9.17) is 11.6 Å². The van der Waals surface area contributed by atoms with Crippen molar-refractivity contribution in [2.24, 2.45) is 0 Å². The van der Waals surface area contributed by atoms with Gasteiger partial charge in [0.15, 0.2) is 11.5 Å². The van der Waals surface area contributed by atoms with Crippen LogP contribution in [0, 0.1) is 0 Å². The molecular formula is C12H11ClN4O. The third-order valence-corrected chi connectivity index (χ3v) is 2.46. The smallest absolute Gasteiger partial charge is 0.252 e. The second-order valence-electron chi connectivity index (χ2n) is 3.62. The summed E-state index contributed by atoms with van der Waals surface area (Å²) in [5.74, 6) is 0.191. The van der Waals surface area contributed by atoms with Crippen LogP contribution in [0.25, 0.3) is 5.65 Å². The molecule has 0 atom stereocenters. The minimum absolute atomic E-state index is 0.232. The normalized spacial score (nSPS) is 11.6. The Bertz CT molecular complexity index is 645. The first-order valence-electron chi connectivity index (χ1n) is 5.23. The van der Waals surface area contributed by atoms with Crippen molar-refractivity contribution in [3.8, 4) is 0 Å². The van der Waals surface area contributed by atoms with E-state index in [9.17, 15) is 4.79 Å². The van der Waals surface area contributed by atoms with Gasteiger partial charge in [-0.3, -0.25) is 4.79 Å². The number of hydrogen-bond donors (Lipinski definition) is 1. The van der Waals surface area contributed by atoms with Gasteiger partial charge < -0.3 is 5.32 Å². The standard InChI is InChI=1S/C12H11ClN4O/c1-3-4-8(2)12(18)15-10-7-17-11(14-10)6-5-9(13)16-17/h3-7H,1H2,2H3,(H,15,18). The predicted octanol–water partition coefficient (Wildman–Crippen LogP) is 2.45. The molecule has 5 nitrogen and oxygen atoms in total. The van der Waals surface area contributed by atoms with Gasteiger partial charge in [-0.15, -0.1) is 0 Å². The molecule has 1 N–H and O–H groups in total. The van der Waals surface area contributed by atoms with Gasteiger partial charge in [0.2, 0.25) is 0 Å². The molecule has 0 spiro atoms. The molecule has 92 valence electrons. The number of hydrogen-bond acceptors (Lipinski definition) is 3. The lowest BCUT2D eigenvalue weighted by Gasteiger charge is -1.99. The first-order chi connectivity index (χ1) is 8.60. The largest absolute Gasteiger partial charge is 0.305 e. The van der Waals surface area contributed by atoms with Crippen molar-refractivity contribution in [1.82, 2.24) is 14.6 Å². The summed E-state index contributed by atoms with van der Waals surface area (Å²) in [6.45, 7) is 5.23. The van der Waals surface area contributed by atoms with Crippen LogP contribution in [-0.2, 0) is 4.79 Å². The summed E-state index contributed by atoms with van der Waals surface area (Å²) in [7, 11) is 0. The third kappa shape index (κ3) is 2.57. The second kappa shape index (κ2) is 5.01. The van der Waals surface area contributed by atoms with Crippen molar-refractivity contribution in [3.05, 3.63) is 47.8 Å². The van der Waals surface area contributed by atoms with Crippen molar-refractivity contribution >= 4 is 29.0 Å². The Kier molecular flexibility index (Phi) is 3.43. The number of fused-ring (bicyclic) bond motifs is 1. The highest BCUT2D eigenvalue weighted by Gasteiger charge is 2.08. The fourth-order valence-electron chi connectivity index (χ4n) is 1.39. The van der Waals surface area contributed by atoms with E-state index in [0.29, 0.717) is 22.2 Å². The van der Waals surface area contributed by atoms with Crippen LogP contribution in [-0.4, -0.2) is 20.5 Å². The molecule has 0 aliphatic heterocycles. The van der Waals surface area contributed by atoms with E-state index in [2.05, 4.69) is 22.0 Å². The Morgan fingerprint density at radius 2 is 2.33 bits per heavy atom. The number of allylic oxidation sites excluding steroid dienone is 2. The second-order valence-corrected chi connectivity index (χ2v) is 4.01. The van der Waals surface area contributed by atoms with Gasteiger partial charge in [-0.25, -0.2) is 9.50 Å². The molecule has 2 heterocycles. The van der Waals surface area contributed by atoms with E-state index in [1.54, 1.807) is 37.4 Å². The number of rotatable bonds is 3. The number of carbonyl (C=O) groups is 1. The Morgan fingerprint density at radius 1 is 1.56 bits per heavy atom. The number of anilines is 1. The number of amides is 1. The molecule has 1 amide bonds. The number of aromatic nitrogens is 3. The number of carbonyl (C=O) groups excluding carboxylic acids is 1. The number of imidazole rings is 1. The van der Waals surface area contributed by atoms with Crippen LogP contribution in [0.15, 0.2) is 42.6 Å². The maximum atomic E-state index is 11.7. The first kappa shape index (κ1) is 12.3. The quantitative estimate of drug-likeness (QED) is 0.683. The predicted molar refractivity (Wildman–Crippen MR) is 70.6 cm³/mol. The molecule has 0 bridgehead atoms. The molecule has 0 radical (unpaired) electrons. The zero-order valence-electron chi connectivity index (χ0n) is 9.72. The lowest BCUT2D eigenvalue weighted by atomic mass is 10.2. The Balaban J connectivity index is 2.25. The maximum absolute atomic E-state index is 11.7. The summed E-state index contributed by atoms with van der Waals surface area (Å²) in [4.78, 5) is 15.9. The Morgan fingerprint density at radius 3 is 3.06 bits per heavy atom. The van der Waals surface area contributed by atoms with Gasteiger partial charge in [0.05, 0.1) is 6.20 Å². The molecule has 0 fully saturated rings. The average molecular weight is 263 g/mol. The van der Waals surface area contributed by atoms with Crippen molar-refractivity contribution in [1.29, 1.82) is 0 Å². The summed E-state index contributed by atoms with van der Waals surface area (Å²) < 4.78 is 1.50. The van der Waals surface area contributed by atoms with E-state index in [1.807, 2.05) is 0 Å². The van der Waals surface area contributed by atoms with E-state index in [1.165, 1.54) is 4.52 Å². The van der Waals surface area contributed by atoms with Crippen LogP contribution < -0.4 is 5.32 Å². The van der Waals surface area contributed by atoms with Gasteiger partial charge in [-0.05, 0) is 19.1 Å². The van der Waals surface area contributed by atoms with Gasteiger partial charge in [0, 0.05) is 5.57 Å². The average Bonchev–Trinajstić information content (AvgIpc) is 2.70. The molecule has 0 aromatic carbocycles. The Labute approximate surface area is 109 Å². The fourth-order valence-corrected chi connectivity index (χ4v) is 1.53.